The van der Waals surface area contributed by atoms with Crippen molar-refractivity contribution in [2.75, 3.05) is 0 Å². The summed E-state index contributed by atoms with van der Waals surface area (Å²) >= 11 is 1.80. The molecule has 2 aromatic carbocycles. The van der Waals surface area contributed by atoms with Gasteiger partial charge in [0.25, 0.3) is 0 Å². The average Bonchev–Trinajstić information content (AvgIpc) is 3.22. The van der Waals surface area contributed by atoms with E-state index in [1.807, 2.05) is 0 Å². The van der Waals surface area contributed by atoms with Gasteiger partial charge in [0.2, 0.25) is 0 Å². The predicted octanol–water partition coefficient (Wildman–Crippen LogP) is 4.93. The van der Waals surface area contributed by atoms with E-state index in [1.165, 1.54) is 16.0 Å². The molecule has 0 aliphatic carbocycles. The van der Waals surface area contributed by atoms with E-state index in [0.29, 0.717) is 0 Å². The standard InChI is InChI=1S/C20H18N2S/c1-2-7-16(8-3-1)12-13-22-19-11-5-4-10-18(19)21-20(22)15-17-9-6-14-23-17/h1-11,14H,12-13,15H2. The quantitative estimate of drug-likeness (QED) is 0.510. The number of para-hydroxylation sites is 2. The lowest BCUT2D eigenvalue weighted by Gasteiger charge is -2.09. The molecular formula is C20H18N2S. The summed E-state index contributed by atoms with van der Waals surface area (Å²) in [4.78, 5) is 6.23. The van der Waals surface area contributed by atoms with Crippen molar-refractivity contribution in [3.8, 4) is 0 Å². The Labute approximate surface area is 140 Å². The second-order valence-electron chi connectivity index (χ2n) is 5.66. The minimum absolute atomic E-state index is 0.904. The van der Waals surface area contributed by atoms with Gasteiger partial charge >= 0.3 is 0 Å². The van der Waals surface area contributed by atoms with Crippen molar-refractivity contribution in [3.05, 3.63) is 88.4 Å². The molecular weight excluding hydrogens is 300 g/mol. The second kappa shape index (κ2) is 6.39. The van der Waals surface area contributed by atoms with Gasteiger partial charge in [-0.25, -0.2) is 4.98 Å². The number of benzene rings is 2. The summed E-state index contributed by atoms with van der Waals surface area (Å²) in [5.41, 5.74) is 3.69. The summed E-state index contributed by atoms with van der Waals surface area (Å²) in [6.45, 7) is 0.964. The number of thiophene rings is 1. The van der Waals surface area contributed by atoms with Gasteiger partial charge in [-0.1, -0.05) is 48.5 Å². The number of aryl methyl sites for hydroxylation is 2. The zero-order valence-electron chi connectivity index (χ0n) is 12.9. The van der Waals surface area contributed by atoms with Gasteiger partial charge < -0.3 is 4.57 Å². The number of nitrogens with zero attached hydrogens (tertiary/aromatic N) is 2. The normalized spacial score (nSPS) is 11.1. The van der Waals surface area contributed by atoms with Crippen LogP contribution in [0.2, 0.25) is 0 Å². The smallest absolute Gasteiger partial charge is 0.115 e. The molecule has 114 valence electrons. The van der Waals surface area contributed by atoms with E-state index in [9.17, 15) is 0 Å². The van der Waals surface area contributed by atoms with E-state index in [-0.39, 0.29) is 0 Å². The molecule has 0 aliphatic rings. The molecule has 0 saturated carbocycles. The molecule has 2 nitrogen and oxygen atoms in total. The zero-order valence-corrected chi connectivity index (χ0v) is 13.7. The van der Waals surface area contributed by atoms with Crippen LogP contribution in [0.3, 0.4) is 0 Å². The molecule has 0 aliphatic heterocycles. The van der Waals surface area contributed by atoms with Crippen molar-refractivity contribution >= 4 is 22.4 Å². The van der Waals surface area contributed by atoms with E-state index >= 15 is 0 Å². The van der Waals surface area contributed by atoms with Crippen LogP contribution in [0.25, 0.3) is 11.0 Å². The van der Waals surface area contributed by atoms with E-state index in [2.05, 4.69) is 76.7 Å². The van der Waals surface area contributed by atoms with E-state index < -0.39 is 0 Å². The molecule has 0 saturated heterocycles. The van der Waals surface area contributed by atoms with Crippen LogP contribution in [0.1, 0.15) is 16.3 Å². The summed E-state index contributed by atoms with van der Waals surface area (Å²) in [5.74, 6) is 1.16. The van der Waals surface area contributed by atoms with E-state index in [1.54, 1.807) is 11.3 Å². The fraction of sp³-hybridized carbons (Fsp3) is 0.150. The van der Waals surface area contributed by atoms with Crippen LogP contribution < -0.4 is 0 Å². The molecule has 0 unspecified atom stereocenters. The summed E-state index contributed by atoms with van der Waals surface area (Å²) < 4.78 is 2.38. The predicted molar refractivity (Wildman–Crippen MR) is 97.0 cm³/mol. The summed E-state index contributed by atoms with van der Waals surface area (Å²) in [5, 5.41) is 2.13. The van der Waals surface area contributed by atoms with Gasteiger partial charge in [-0.05, 0) is 35.6 Å². The molecule has 3 heteroatoms. The highest BCUT2D eigenvalue weighted by Crippen LogP contribution is 2.21. The van der Waals surface area contributed by atoms with Crippen LogP contribution >= 0.6 is 11.3 Å². The Morgan fingerprint density at radius 3 is 2.52 bits per heavy atom. The van der Waals surface area contributed by atoms with Gasteiger partial charge in [0.15, 0.2) is 0 Å². The maximum absolute atomic E-state index is 4.87. The molecule has 4 aromatic rings. The molecule has 0 bridgehead atoms. The monoisotopic (exact) mass is 318 g/mol. The van der Waals surface area contributed by atoms with Crippen molar-refractivity contribution < 1.29 is 0 Å². The van der Waals surface area contributed by atoms with Crippen LogP contribution in [-0.4, -0.2) is 9.55 Å². The number of hydrogen-bond donors (Lipinski definition) is 0. The first-order chi connectivity index (χ1) is 11.4. The molecule has 0 fully saturated rings. The van der Waals surface area contributed by atoms with E-state index in [0.717, 1.165) is 30.7 Å². The minimum atomic E-state index is 0.904. The Morgan fingerprint density at radius 1 is 0.870 bits per heavy atom. The Bertz CT molecular complexity index is 892. The molecule has 0 atom stereocenters. The molecule has 23 heavy (non-hydrogen) atoms. The maximum Gasteiger partial charge on any atom is 0.115 e. The third kappa shape index (κ3) is 3.06. The SMILES string of the molecule is c1ccc(CCn2c(Cc3cccs3)nc3ccccc32)cc1. The highest BCUT2D eigenvalue weighted by atomic mass is 32.1. The molecule has 4 rings (SSSR count). The molecule has 0 spiro atoms. The van der Waals surface area contributed by atoms with Gasteiger partial charge in [-0.3, -0.25) is 0 Å². The van der Waals surface area contributed by atoms with Crippen LogP contribution in [0.4, 0.5) is 0 Å². The van der Waals surface area contributed by atoms with Crippen molar-refractivity contribution in [2.24, 2.45) is 0 Å². The maximum atomic E-state index is 4.87. The lowest BCUT2D eigenvalue weighted by atomic mass is 10.1. The van der Waals surface area contributed by atoms with Gasteiger partial charge in [-0.2, -0.15) is 0 Å². The lowest BCUT2D eigenvalue weighted by Crippen LogP contribution is -2.06. The number of rotatable bonds is 5. The van der Waals surface area contributed by atoms with Gasteiger partial charge in [-0.15, -0.1) is 11.3 Å². The van der Waals surface area contributed by atoms with Crippen LogP contribution in [0.15, 0.2) is 72.1 Å². The molecule has 2 heterocycles. The average molecular weight is 318 g/mol. The minimum Gasteiger partial charge on any atom is -0.327 e. The third-order valence-corrected chi connectivity index (χ3v) is 4.99. The molecule has 0 amide bonds. The van der Waals surface area contributed by atoms with Crippen molar-refractivity contribution in [2.45, 2.75) is 19.4 Å². The largest absolute Gasteiger partial charge is 0.327 e. The summed E-state index contributed by atoms with van der Waals surface area (Å²) in [6.07, 6.45) is 1.93. The molecule has 2 aromatic heterocycles. The van der Waals surface area contributed by atoms with Crippen molar-refractivity contribution in [1.82, 2.24) is 9.55 Å². The first-order valence-electron chi connectivity index (χ1n) is 7.90. The Hall–Kier alpha value is -2.39. The number of fused-ring (bicyclic) bond motifs is 1. The number of aromatic nitrogens is 2. The van der Waals surface area contributed by atoms with Gasteiger partial charge in [0.05, 0.1) is 11.0 Å². The van der Waals surface area contributed by atoms with E-state index in [4.69, 9.17) is 4.98 Å². The second-order valence-corrected chi connectivity index (χ2v) is 6.69. The zero-order chi connectivity index (χ0) is 15.5. The van der Waals surface area contributed by atoms with Crippen molar-refractivity contribution in [3.63, 3.8) is 0 Å². The third-order valence-electron chi connectivity index (χ3n) is 4.11. The number of imidazole rings is 1. The van der Waals surface area contributed by atoms with Crippen molar-refractivity contribution in [1.29, 1.82) is 0 Å². The Morgan fingerprint density at radius 2 is 1.70 bits per heavy atom. The van der Waals surface area contributed by atoms with Crippen LogP contribution in [0.5, 0.6) is 0 Å². The summed E-state index contributed by atoms with van der Waals surface area (Å²) in [7, 11) is 0. The van der Waals surface area contributed by atoms with Crippen LogP contribution in [0, 0.1) is 0 Å². The fourth-order valence-electron chi connectivity index (χ4n) is 2.96. The Kier molecular flexibility index (Phi) is 3.95. The highest BCUT2D eigenvalue weighted by molar-refractivity contribution is 7.09. The lowest BCUT2D eigenvalue weighted by molar-refractivity contribution is 0.680. The molecule has 0 radical (unpaired) electrons. The fourth-order valence-corrected chi connectivity index (χ4v) is 3.67. The first-order valence-corrected chi connectivity index (χ1v) is 8.78. The van der Waals surface area contributed by atoms with Gasteiger partial charge in [0, 0.05) is 17.8 Å². The number of hydrogen-bond acceptors (Lipinski definition) is 2. The first kappa shape index (κ1) is 14.2. The van der Waals surface area contributed by atoms with Crippen LogP contribution in [-0.2, 0) is 19.4 Å². The Balaban J connectivity index is 1.67. The topological polar surface area (TPSA) is 17.8 Å². The summed E-state index contributed by atoms with van der Waals surface area (Å²) in [6, 6.07) is 23.4. The highest BCUT2D eigenvalue weighted by Gasteiger charge is 2.11. The molecule has 0 N–H and O–H groups in total. The van der Waals surface area contributed by atoms with Gasteiger partial charge in [0.1, 0.15) is 5.82 Å².